The van der Waals surface area contributed by atoms with E-state index in [4.69, 9.17) is 11.6 Å². The van der Waals surface area contributed by atoms with Crippen molar-refractivity contribution in [2.24, 2.45) is 0 Å². The summed E-state index contributed by atoms with van der Waals surface area (Å²) in [6, 6.07) is 20.5. The topological polar surface area (TPSA) is 109 Å². The second-order valence-electron chi connectivity index (χ2n) is 7.30. The fourth-order valence-corrected chi connectivity index (χ4v) is 5.43. The molecule has 5 rings (SSSR count). The largest absolute Gasteiger partial charge is 0.858 e. The number of benzene rings is 2. The summed E-state index contributed by atoms with van der Waals surface area (Å²) in [5, 5.41) is 20.6. The highest BCUT2D eigenvalue weighted by Gasteiger charge is 2.21. The molecule has 0 bridgehead atoms. The third kappa shape index (κ3) is 4.67. The van der Waals surface area contributed by atoms with Crippen molar-refractivity contribution in [3.05, 3.63) is 116 Å². The fraction of sp³-hybridized carbons (Fsp3) is 0.0400. The Morgan fingerprint density at radius 1 is 1.00 bits per heavy atom. The number of aromatic nitrogens is 3. The third-order valence-corrected chi connectivity index (χ3v) is 7.51. The molecule has 3 aromatic heterocycles. The molecular weight excluding hydrogens is 488 g/mol. The Balaban J connectivity index is 0.00000274. The summed E-state index contributed by atoms with van der Waals surface area (Å²) in [7, 11) is 0. The lowest BCUT2D eigenvalue weighted by Crippen LogP contribution is -2.17. The highest BCUT2D eigenvalue weighted by molar-refractivity contribution is 7.99. The van der Waals surface area contributed by atoms with Gasteiger partial charge in [0.2, 0.25) is 0 Å². The molecule has 0 amide bonds. The Hall–Kier alpha value is -3.30. The SMILES string of the molecule is N.O=c1[nH]n(C(c2ccc(-c3cccnc3)cc2)c2ccsc2)c([O-])c1Sc1ccccc1Cl. The van der Waals surface area contributed by atoms with Crippen molar-refractivity contribution in [2.45, 2.75) is 15.8 Å². The standard InChI is InChI=1S/C25H18ClN3O2S2.H3N/c26-20-5-1-2-6-21(20)33-23-24(30)28-29(25(23)31)22(19-11-13-32-15-19)17-9-7-16(8-10-17)18-4-3-12-27-14-18;/h1-15,22,31H,(H,28,30);1H3/p-1. The lowest BCUT2D eigenvalue weighted by Gasteiger charge is -2.24. The second-order valence-corrected chi connectivity index (χ2v) is 9.54. The zero-order chi connectivity index (χ0) is 22.8. The summed E-state index contributed by atoms with van der Waals surface area (Å²) in [4.78, 5) is 17.7. The predicted octanol–water partition coefficient (Wildman–Crippen LogP) is 5.98. The van der Waals surface area contributed by atoms with E-state index in [0.29, 0.717) is 9.92 Å². The molecule has 1 unspecified atom stereocenters. The van der Waals surface area contributed by atoms with Crippen molar-refractivity contribution in [1.29, 1.82) is 0 Å². The molecule has 0 saturated heterocycles. The highest BCUT2D eigenvalue weighted by atomic mass is 35.5. The van der Waals surface area contributed by atoms with Gasteiger partial charge in [-0.05, 0) is 57.3 Å². The minimum Gasteiger partial charge on any atom is -0.858 e. The van der Waals surface area contributed by atoms with Crippen LogP contribution in [-0.4, -0.2) is 14.8 Å². The number of pyridine rings is 1. The third-order valence-electron chi connectivity index (χ3n) is 5.23. The number of halogens is 1. The first-order chi connectivity index (χ1) is 16.1. The van der Waals surface area contributed by atoms with Crippen molar-refractivity contribution >= 4 is 34.7 Å². The number of H-pyrrole nitrogens is 1. The van der Waals surface area contributed by atoms with Gasteiger partial charge >= 0.3 is 0 Å². The van der Waals surface area contributed by atoms with E-state index in [1.54, 1.807) is 29.7 Å². The molecule has 0 aliphatic rings. The van der Waals surface area contributed by atoms with Gasteiger partial charge in [-0.1, -0.05) is 65.8 Å². The number of thiophene rings is 1. The monoisotopic (exact) mass is 507 g/mol. The van der Waals surface area contributed by atoms with Crippen molar-refractivity contribution in [3.8, 4) is 17.0 Å². The molecule has 0 aliphatic heterocycles. The average molecular weight is 508 g/mol. The predicted molar refractivity (Wildman–Crippen MR) is 136 cm³/mol. The van der Waals surface area contributed by atoms with Crippen LogP contribution in [0, 0.1) is 0 Å². The summed E-state index contributed by atoms with van der Waals surface area (Å²) in [6.07, 6.45) is 3.55. The summed E-state index contributed by atoms with van der Waals surface area (Å²) in [5.74, 6) is -0.377. The first-order valence-electron chi connectivity index (χ1n) is 10.1. The minimum absolute atomic E-state index is 0. The Bertz CT molecular complexity index is 1430. The number of nitrogens with one attached hydrogen (secondary N) is 1. The van der Waals surface area contributed by atoms with Crippen LogP contribution < -0.4 is 16.8 Å². The lowest BCUT2D eigenvalue weighted by molar-refractivity contribution is -0.284. The molecule has 0 spiro atoms. The van der Waals surface area contributed by atoms with Gasteiger partial charge < -0.3 is 11.3 Å². The van der Waals surface area contributed by atoms with E-state index in [9.17, 15) is 9.90 Å². The van der Waals surface area contributed by atoms with E-state index in [2.05, 4.69) is 10.1 Å². The molecule has 2 aromatic carbocycles. The van der Waals surface area contributed by atoms with Crippen LogP contribution in [0.2, 0.25) is 5.02 Å². The number of hydrogen-bond donors (Lipinski definition) is 2. The molecular formula is C25H20ClN4O2S2-. The number of hydrogen-bond acceptors (Lipinski definition) is 6. The van der Waals surface area contributed by atoms with E-state index in [-0.39, 0.29) is 16.9 Å². The molecule has 172 valence electrons. The molecule has 5 aromatic rings. The van der Waals surface area contributed by atoms with Gasteiger partial charge in [-0.2, -0.15) is 11.3 Å². The smallest absolute Gasteiger partial charge is 0.277 e. The summed E-state index contributed by atoms with van der Waals surface area (Å²) in [6.45, 7) is 0. The zero-order valence-electron chi connectivity index (χ0n) is 17.9. The fourth-order valence-electron chi connectivity index (χ4n) is 3.64. The maximum atomic E-state index is 13.4. The van der Waals surface area contributed by atoms with Crippen LogP contribution in [0.5, 0.6) is 5.88 Å². The Kier molecular flexibility index (Phi) is 7.23. The van der Waals surface area contributed by atoms with E-state index in [1.807, 2.05) is 71.6 Å². The van der Waals surface area contributed by atoms with Gasteiger partial charge in [0, 0.05) is 23.2 Å². The summed E-state index contributed by atoms with van der Waals surface area (Å²) >= 11 is 8.87. The Labute approximate surface area is 209 Å². The zero-order valence-corrected chi connectivity index (χ0v) is 20.2. The van der Waals surface area contributed by atoms with Crippen LogP contribution in [0.4, 0.5) is 0 Å². The van der Waals surface area contributed by atoms with Crippen molar-refractivity contribution in [3.63, 3.8) is 0 Å². The maximum absolute atomic E-state index is 13.4. The normalized spacial score (nSPS) is 11.7. The molecule has 0 aliphatic carbocycles. The van der Waals surface area contributed by atoms with E-state index in [0.717, 1.165) is 34.0 Å². The molecule has 4 N–H and O–H groups in total. The van der Waals surface area contributed by atoms with Crippen LogP contribution >= 0.6 is 34.7 Å². The van der Waals surface area contributed by atoms with Gasteiger partial charge in [-0.25, -0.2) is 0 Å². The average Bonchev–Trinajstić information content (AvgIpc) is 3.46. The van der Waals surface area contributed by atoms with Crippen LogP contribution in [0.3, 0.4) is 0 Å². The van der Waals surface area contributed by atoms with Gasteiger partial charge in [0.05, 0.1) is 16.0 Å². The molecule has 1 atom stereocenters. The first kappa shape index (κ1) is 23.8. The van der Waals surface area contributed by atoms with Crippen LogP contribution in [0.1, 0.15) is 17.2 Å². The molecule has 0 saturated carbocycles. The van der Waals surface area contributed by atoms with E-state index in [1.165, 1.54) is 4.68 Å². The second kappa shape index (κ2) is 10.3. The Morgan fingerprint density at radius 3 is 2.47 bits per heavy atom. The number of rotatable bonds is 6. The van der Waals surface area contributed by atoms with E-state index >= 15 is 0 Å². The Morgan fingerprint density at radius 2 is 1.79 bits per heavy atom. The molecule has 0 radical (unpaired) electrons. The molecule has 34 heavy (non-hydrogen) atoms. The van der Waals surface area contributed by atoms with Gasteiger partial charge in [0.1, 0.15) is 0 Å². The maximum Gasteiger partial charge on any atom is 0.277 e. The van der Waals surface area contributed by atoms with Crippen molar-refractivity contribution in [1.82, 2.24) is 20.9 Å². The van der Waals surface area contributed by atoms with Gasteiger partial charge in [-0.15, -0.1) is 0 Å². The quantitative estimate of drug-likeness (QED) is 0.294. The molecule has 0 fully saturated rings. The van der Waals surface area contributed by atoms with Crippen LogP contribution in [0.15, 0.2) is 104 Å². The summed E-state index contributed by atoms with van der Waals surface area (Å²) in [5.41, 5.74) is 3.41. The minimum atomic E-state index is -0.458. The molecule has 9 heteroatoms. The number of aromatic amines is 1. The van der Waals surface area contributed by atoms with Crippen LogP contribution in [0.25, 0.3) is 11.1 Å². The van der Waals surface area contributed by atoms with Crippen molar-refractivity contribution in [2.75, 3.05) is 0 Å². The molecule has 3 heterocycles. The van der Waals surface area contributed by atoms with E-state index < -0.39 is 11.6 Å². The first-order valence-corrected chi connectivity index (χ1v) is 12.2. The van der Waals surface area contributed by atoms with Gasteiger partial charge in [0.25, 0.3) is 5.56 Å². The highest BCUT2D eigenvalue weighted by Crippen LogP contribution is 2.38. The lowest BCUT2D eigenvalue weighted by atomic mass is 9.98. The van der Waals surface area contributed by atoms with Crippen molar-refractivity contribution < 1.29 is 5.11 Å². The van der Waals surface area contributed by atoms with Gasteiger partial charge in [-0.3, -0.25) is 19.6 Å². The molecule has 6 nitrogen and oxygen atoms in total. The van der Waals surface area contributed by atoms with Crippen LogP contribution in [-0.2, 0) is 0 Å². The summed E-state index contributed by atoms with van der Waals surface area (Å²) < 4.78 is 1.41. The van der Waals surface area contributed by atoms with Gasteiger partial charge in [0.15, 0.2) is 0 Å². The number of nitrogens with zero attached hydrogens (tertiary/aromatic N) is 2.